The van der Waals surface area contributed by atoms with Crippen LogP contribution in [-0.4, -0.2) is 44.9 Å². The van der Waals surface area contributed by atoms with Gasteiger partial charge in [0.1, 0.15) is 6.10 Å². The lowest BCUT2D eigenvalue weighted by atomic mass is 10.0. The minimum Gasteiger partial charge on any atom is -0.385 e. The van der Waals surface area contributed by atoms with Crippen LogP contribution in [0.25, 0.3) is 0 Å². The van der Waals surface area contributed by atoms with Gasteiger partial charge in [-0.3, -0.25) is 4.98 Å². The van der Waals surface area contributed by atoms with Crippen LogP contribution in [0.1, 0.15) is 38.1 Å². The van der Waals surface area contributed by atoms with Crippen LogP contribution in [0.3, 0.4) is 0 Å². The highest BCUT2D eigenvalue weighted by Gasteiger charge is 2.34. The molecular formula is C21H30N2O4S. The fourth-order valence-corrected chi connectivity index (χ4v) is 3.45. The van der Waals surface area contributed by atoms with Gasteiger partial charge in [0.25, 0.3) is 0 Å². The molecule has 2 rings (SSSR count). The zero-order valence-corrected chi connectivity index (χ0v) is 17.7. The van der Waals surface area contributed by atoms with Crippen LogP contribution in [0.5, 0.6) is 0 Å². The Morgan fingerprint density at radius 2 is 1.82 bits per heavy atom. The molecule has 154 valence electrons. The van der Waals surface area contributed by atoms with E-state index in [1.165, 1.54) is 0 Å². The third-order valence-corrected chi connectivity index (χ3v) is 5.83. The van der Waals surface area contributed by atoms with E-state index in [4.69, 9.17) is 9.47 Å². The summed E-state index contributed by atoms with van der Waals surface area (Å²) in [5, 5.41) is 10.9. The molecule has 1 aromatic carbocycles. The quantitative estimate of drug-likeness (QED) is 0.634. The Kier molecular flexibility index (Phi) is 8.72. The van der Waals surface area contributed by atoms with Crippen molar-refractivity contribution in [3.05, 3.63) is 66.0 Å². The maximum atomic E-state index is 12.7. The molecule has 7 heteroatoms. The smallest absolute Gasteiger partial charge is 0.115 e. The minimum absolute atomic E-state index is 0.230. The van der Waals surface area contributed by atoms with E-state index in [1.807, 2.05) is 51.1 Å². The molecule has 0 aliphatic heterocycles. The number of hydrogen-bond acceptors (Lipinski definition) is 5. The highest BCUT2D eigenvalue weighted by Crippen LogP contribution is 2.21. The van der Waals surface area contributed by atoms with Crippen molar-refractivity contribution in [1.29, 1.82) is 0 Å². The highest BCUT2D eigenvalue weighted by molar-refractivity contribution is 7.84. The minimum atomic E-state index is -1.40. The van der Waals surface area contributed by atoms with Crippen molar-refractivity contribution in [3.63, 3.8) is 0 Å². The summed E-state index contributed by atoms with van der Waals surface area (Å²) < 4.78 is 26.6. The van der Waals surface area contributed by atoms with Gasteiger partial charge in [-0.05, 0) is 38.5 Å². The van der Waals surface area contributed by atoms with Crippen molar-refractivity contribution >= 4 is 11.0 Å². The molecule has 1 aromatic heterocycles. The maximum absolute atomic E-state index is 12.7. The van der Waals surface area contributed by atoms with Crippen LogP contribution in [0.15, 0.2) is 54.7 Å². The fraction of sp³-hybridized carbons (Fsp3) is 0.476. The average Bonchev–Trinajstić information content (AvgIpc) is 2.70. The molecule has 0 amide bonds. The lowest BCUT2D eigenvalue weighted by Crippen LogP contribution is -2.51. The van der Waals surface area contributed by atoms with E-state index in [9.17, 15) is 9.32 Å². The molecule has 1 unspecified atom stereocenters. The summed E-state index contributed by atoms with van der Waals surface area (Å²) in [5.41, 5.74) is 1.53. The molecule has 0 spiro atoms. The Morgan fingerprint density at radius 3 is 2.39 bits per heavy atom. The van der Waals surface area contributed by atoms with Gasteiger partial charge in [-0.2, -0.15) is 0 Å². The van der Waals surface area contributed by atoms with Gasteiger partial charge in [0.2, 0.25) is 0 Å². The molecule has 0 saturated heterocycles. The van der Waals surface area contributed by atoms with Crippen LogP contribution >= 0.6 is 0 Å². The van der Waals surface area contributed by atoms with Crippen molar-refractivity contribution in [2.75, 3.05) is 13.7 Å². The lowest BCUT2D eigenvalue weighted by Gasteiger charge is -2.32. The molecule has 0 aliphatic carbocycles. The SMILES string of the molecule is CO[C@H](COCc1ccccc1)[C@H](N[S@](=O)C(C)(C)C)C(O)c1ccccn1. The summed E-state index contributed by atoms with van der Waals surface area (Å²) in [6, 6.07) is 14.5. The first kappa shape index (κ1) is 22.6. The first-order valence-corrected chi connectivity index (χ1v) is 10.4. The maximum Gasteiger partial charge on any atom is 0.115 e. The topological polar surface area (TPSA) is 80.7 Å². The molecule has 0 fully saturated rings. The number of aliphatic hydroxyl groups is 1. The number of nitrogens with one attached hydrogen (secondary N) is 1. The molecule has 0 aliphatic rings. The number of benzene rings is 1. The van der Waals surface area contributed by atoms with Crippen molar-refractivity contribution in [1.82, 2.24) is 9.71 Å². The summed E-state index contributed by atoms with van der Waals surface area (Å²) in [6.07, 6.45) is 0.0918. The molecule has 28 heavy (non-hydrogen) atoms. The Balaban J connectivity index is 2.13. The Labute approximate surface area is 169 Å². The van der Waals surface area contributed by atoms with Gasteiger partial charge >= 0.3 is 0 Å². The van der Waals surface area contributed by atoms with Crippen molar-refractivity contribution in [3.8, 4) is 0 Å². The average molecular weight is 407 g/mol. The van der Waals surface area contributed by atoms with Crippen molar-refractivity contribution in [2.24, 2.45) is 0 Å². The van der Waals surface area contributed by atoms with Gasteiger partial charge in [0.05, 0.1) is 46.8 Å². The molecule has 1 heterocycles. The van der Waals surface area contributed by atoms with Crippen LogP contribution in [0.4, 0.5) is 0 Å². The summed E-state index contributed by atoms with van der Waals surface area (Å²) in [7, 11) is 0.153. The van der Waals surface area contributed by atoms with Gasteiger partial charge in [-0.25, -0.2) is 8.93 Å². The fourth-order valence-electron chi connectivity index (χ4n) is 2.56. The van der Waals surface area contributed by atoms with Crippen molar-refractivity contribution in [2.45, 2.75) is 50.4 Å². The van der Waals surface area contributed by atoms with Gasteiger partial charge in [-0.15, -0.1) is 0 Å². The van der Waals surface area contributed by atoms with E-state index < -0.39 is 34.0 Å². The van der Waals surface area contributed by atoms with Gasteiger partial charge in [0, 0.05) is 13.3 Å². The molecule has 0 bridgehead atoms. The summed E-state index contributed by atoms with van der Waals surface area (Å²) in [5.74, 6) is 0. The largest absolute Gasteiger partial charge is 0.385 e. The molecule has 2 aromatic rings. The third kappa shape index (κ3) is 6.76. The van der Waals surface area contributed by atoms with E-state index in [2.05, 4.69) is 9.71 Å². The van der Waals surface area contributed by atoms with E-state index in [0.717, 1.165) is 5.56 Å². The predicted molar refractivity (Wildman–Crippen MR) is 111 cm³/mol. The van der Waals surface area contributed by atoms with Gasteiger partial charge < -0.3 is 14.6 Å². The molecule has 2 N–H and O–H groups in total. The Morgan fingerprint density at radius 1 is 1.14 bits per heavy atom. The third-order valence-electron chi connectivity index (χ3n) is 4.23. The number of pyridine rings is 1. The monoisotopic (exact) mass is 406 g/mol. The van der Waals surface area contributed by atoms with Crippen LogP contribution < -0.4 is 4.72 Å². The molecule has 0 saturated carbocycles. The normalized spacial score (nSPS) is 16.3. The number of aromatic nitrogens is 1. The second kappa shape index (κ2) is 10.8. The van der Waals surface area contributed by atoms with Crippen LogP contribution in [0, 0.1) is 0 Å². The molecular weight excluding hydrogens is 376 g/mol. The van der Waals surface area contributed by atoms with E-state index in [1.54, 1.807) is 31.5 Å². The number of aliphatic hydroxyl groups excluding tert-OH is 1. The second-order valence-corrected chi connectivity index (χ2v) is 9.50. The number of rotatable bonds is 10. The standard InChI is InChI=1S/C21H30N2O4S/c1-21(2,3)28(25)23-19(20(24)17-12-8-9-13-22-17)18(26-4)15-27-14-16-10-6-5-7-11-16/h5-13,18-20,23-24H,14-15H2,1-4H3/t18-,19+,20?,28-/m1/s1. The number of ether oxygens (including phenoxy) is 2. The van der Waals surface area contributed by atoms with Crippen molar-refractivity contribution < 1.29 is 18.8 Å². The highest BCUT2D eigenvalue weighted by atomic mass is 32.2. The molecule has 6 nitrogen and oxygen atoms in total. The predicted octanol–water partition coefficient (Wildman–Crippen LogP) is 2.77. The zero-order valence-electron chi connectivity index (χ0n) is 16.9. The number of methoxy groups -OCH3 is 1. The molecule has 0 radical (unpaired) electrons. The summed E-state index contributed by atoms with van der Waals surface area (Å²) in [6.45, 7) is 6.26. The first-order valence-electron chi connectivity index (χ1n) is 9.24. The molecule has 4 atom stereocenters. The first-order chi connectivity index (χ1) is 13.3. The van der Waals surface area contributed by atoms with E-state index in [-0.39, 0.29) is 6.61 Å². The lowest BCUT2D eigenvalue weighted by molar-refractivity contribution is -0.0411. The zero-order chi connectivity index (χ0) is 20.6. The number of hydrogen-bond donors (Lipinski definition) is 2. The second-order valence-electron chi connectivity index (χ2n) is 7.50. The van der Waals surface area contributed by atoms with Gasteiger partial charge in [-0.1, -0.05) is 36.4 Å². The Hall–Kier alpha value is -1.64. The van der Waals surface area contributed by atoms with E-state index >= 15 is 0 Å². The van der Waals surface area contributed by atoms with Gasteiger partial charge in [0.15, 0.2) is 0 Å². The number of nitrogens with zero attached hydrogens (tertiary/aromatic N) is 1. The van der Waals surface area contributed by atoms with Crippen LogP contribution in [0.2, 0.25) is 0 Å². The summed E-state index contributed by atoms with van der Waals surface area (Å²) >= 11 is 0. The Bertz CT molecular complexity index is 722. The summed E-state index contributed by atoms with van der Waals surface area (Å²) in [4.78, 5) is 4.23. The van der Waals surface area contributed by atoms with Crippen LogP contribution in [-0.2, 0) is 27.1 Å². The van der Waals surface area contributed by atoms with E-state index in [0.29, 0.717) is 12.3 Å².